The molecule has 7 heteroatoms. The second-order valence-corrected chi connectivity index (χ2v) is 10.6. The molecule has 214 valence electrons. The van der Waals surface area contributed by atoms with Gasteiger partial charge in [0.25, 0.3) is 0 Å². The van der Waals surface area contributed by atoms with Crippen molar-refractivity contribution in [1.29, 1.82) is 0 Å². The molecule has 40 heavy (non-hydrogen) atoms. The van der Waals surface area contributed by atoms with Crippen molar-refractivity contribution in [3.05, 3.63) is 89.5 Å². The third-order valence-electron chi connectivity index (χ3n) is 7.79. The first-order valence-electron chi connectivity index (χ1n) is 14.3. The predicted molar refractivity (Wildman–Crippen MR) is 157 cm³/mol. The summed E-state index contributed by atoms with van der Waals surface area (Å²) in [6.07, 6.45) is 1.98. The van der Waals surface area contributed by atoms with Crippen LogP contribution >= 0.6 is 0 Å². The van der Waals surface area contributed by atoms with Gasteiger partial charge in [0, 0.05) is 38.8 Å². The summed E-state index contributed by atoms with van der Waals surface area (Å²) < 4.78 is 29.3. The Kier molecular flexibility index (Phi) is 10.3. The van der Waals surface area contributed by atoms with Crippen LogP contribution in [0.1, 0.15) is 35.4 Å². The van der Waals surface area contributed by atoms with Gasteiger partial charge in [-0.25, -0.2) is 0 Å². The van der Waals surface area contributed by atoms with Gasteiger partial charge in [-0.2, -0.15) is 0 Å². The van der Waals surface area contributed by atoms with Crippen molar-refractivity contribution >= 4 is 5.69 Å². The summed E-state index contributed by atoms with van der Waals surface area (Å²) in [6.45, 7) is 5.92. The summed E-state index contributed by atoms with van der Waals surface area (Å²) in [5.74, 6) is 2.06. The number of hydrogen-bond acceptors (Lipinski definition) is 7. The van der Waals surface area contributed by atoms with Gasteiger partial charge < -0.3 is 33.9 Å². The Balaban J connectivity index is 1.23. The van der Waals surface area contributed by atoms with Gasteiger partial charge in [0.1, 0.15) is 18.1 Å². The van der Waals surface area contributed by atoms with Crippen molar-refractivity contribution in [2.75, 3.05) is 58.6 Å². The fourth-order valence-corrected chi connectivity index (χ4v) is 5.61. The number of benzene rings is 3. The van der Waals surface area contributed by atoms with Crippen molar-refractivity contribution in [1.82, 2.24) is 5.32 Å². The van der Waals surface area contributed by atoms with E-state index in [4.69, 9.17) is 23.7 Å². The lowest BCUT2D eigenvalue weighted by Crippen LogP contribution is -2.48. The van der Waals surface area contributed by atoms with Crippen molar-refractivity contribution in [3.63, 3.8) is 0 Å². The lowest BCUT2D eigenvalue weighted by molar-refractivity contribution is -0.00851. The second kappa shape index (κ2) is 14.5. The van der Waals surface area contributed by atoms with Crippen LogP contribution in [-0.2, 0) is 27.4 Å². The highest BCUT2D eigenvalue weighted by Crippen LogP contribution is 2.35. The van der Waals surface area contributed by atoms with Crippen LogP contribution in [0.2, 0.25) is 0 Å². The average molecular weight is 547 g/mol. The van der Waals surface area contributed by atoms with Crippen LogP contribution < -0.4 is 19.7 Å². The van der Waals surface area contributed by atoms with Gasteiger partial charge in [-0.05, 0) is 53.8 Å². The van der Waals surface area contributed by atoms with Gasteiger partial charge >= 0.3 is 0 Å². The third kappa shape index (κ3) is 7.55. The molecule has 0 bridgehead atoms. The molecule has 7 nitrogen and oxygen atoms in total. The molecule has 0 aliphatic carbocycles. The van der Waals surface area contributed by atoms with E-state index in [2.05, 4.69) is 52.7 Å². The standard InChI is InChI=1S/C33H42N2O5/c1-36-17-6-15-35-16-18-39-32-14-9-26(19-31(32)35)23-40-33-21-34-28(24-38-22-25-7-4-3-5-8-25)20-30(33)27-10-12-29(37-2)13-11-27/h3-5,7-14,19,28,30,33-34H,6,15-18,20-24H2,1-2H3/t28-,30+,33-/m0/s1. The predicted octanol–water partition coefficient (Wildman–Crippen LogP) is 5.18. The second-order valence-electron chi connectivity index (χ2n) is 10.6. The molecule has 2 heterocycles. The fourth-order valence-electron chi connectivity index (χ4n) is 5.61. The van der Waals surface area contributed by atoms with E-state index in [1.807, 2.05) is 30.3 Å². The Morgan fingerprint density at radius 3 is 2.60 bits per heavy atom. The van der Waals surface area contributed by atoms with E-state index < -0.39 is 0 Å². The molecule has 1 N–H and O–H groups in total. The van der Waals surface area contributed by atoms with Gasteiger partial charge in [-0.1, -0.05) is 48.5 Å². The summed E-state index contributed by atoms with van der Waals surface area (Å²) in [4.78, 5) is 2.39. The normalized spacial score (nSPS) is 20.6. The Bertz CT molecular complexity index is 1170. The largest absolute Gasteiger partial charge is 0.497 e. The number of rotatable bonds is 13. The number of methoxy groups -OCH3 is 2. The average Bonchev–Trinajstić information content (AvgIpc) is 3.01. The quantitative estimate of drug-likeness (QED) is 0.297. The Labute approximate surface area is 238 Å². The van der Waals surface area contributed by atoms with Gasteiger partial charge in [0.05, 0.1) is 45.3 Å². The Morgan fingerprint density at radius 1 is 0.950 bits per heavy atom. The Hall–Kier alpha value is -3.10. The summed E-state index contributed by atoms with van der Waals surface area (Å²) in [6, 6.07) is 25.4. The SMILES string of the molecule is COCCCN1CCOc2ccc(CO[C@H]3CN[C@H](COCc4ccccc4)C[C@@H]3c3ccc(OC)cc3)cc21. The summed E-state index contributed by atoms with van der Waals surface area (Å²) in [5, 5.41) is 3.68. The van der Waals surface area contributed by atoms with Crippen LogP contribution in [0.4, 0.5) is 5.69 Å². The zero-order valence-corrected chi connectivity index (χ0v) is 23.7. The minimum Gasteiger partial charge on any atom is -0.497 e. The molecule has 5 rings (SSSR count). The van der Waals surface area contributed by atoms with E-state index in [1.54, 1.807) is 14.2 Å². The van der Waals surface area contributed by atoms with Crippen LogP contribution in [0, 0.1) is 0 Å². The monoisotopic (exact) mass is 546 g/mol. The van der Waals surface area contributed by atoms with Crippen LogP contribution in [-0.4, -0.2) is 65.8 Å². The molecule has 0 spiro atoms. The zero-order valence-electron chi connectivity index (χ0n) is 23.7. The number of anilines is 1. The molecule has 0 radical (unpaired) electrons. The molecule has 0 aromatic heterocycles. The highest BCUT2D eigenvalue weighted by Gasteiger charge is 2.32. The van der Waals surface area contributed by atoms with E-state index in [-0.39, 0.29) is 18.1 Å². The minimum absolute atomic E-state index is 0.0452. The third-order valence-corrected chi connectivity index (χ3v) is 7.79. The first-order chi connectivity index (χ1) is 19.7. The maximum atomic E-state index is 6.63. The number of nitrogens with zero attached hydrogens (tertiary/aromatic N) is 1. The van der Waals surface area contributed by atoms with Crippen molar-refractivity contribution in [2.24, 2.45) is 0 Å². The van der Waals surface area contributed by atoms with Crippen LogP contribution in [0.25, 0.3) is 0 Å². The van der Waals surface area contributed by atoms with E-state index in [1.165, 1.54) is 11.1 Å². The highest BCUT2D eigenvalue weighted by atomic mass is 16.5. The topological polar surface area (TPSA) is 61.4 Å². The van der Waals surface area contributed by atoms with Gasteiger partial charge in [-0.15, -0.1) is 0 Å². The van der Waals surface area contributed by atoms with Crippen molar-refractivity contribution in [2.45, 2.75) is 44.1 Å². The number of piperidine rings is 1. The molecule has 3 aromatic carbocycles. The Morgan fingerprint density at radius 2 is 1.80 bits per heavy atom. The van der Waals surface area contributed by atoms with E-state index in [0.29, 0.717) is 26.4 Å². The number of hydrogen-bond donors (Lipinski definition) is 1. The number of fused-ring (bicyclic) bond motifs is 1. The first-order valence-corrected chi connectivity index (χ1v) is 14.3. The lowest BCUT2D eigenvalue weighted by atomic mass is 9.84. The number of nitrogens with one attached hydrogen (secondary N) is 1. The molecule has 0 saturated carbocycles. The van der Waals surface area contributed by atoms with Crippen molar-refractivity contribution < 1.29 is 23.7 Å². The molecule has 1 fully saturated rings. The smallest absolute Gasteiger partial charge is 0.142 e. The van der Waals surface area contributed by atoms with Gasteiger partial charge in [0.2, 0.25) is 0 Å². The summed E-state index contributed by atoms with van der Waals surface area (Å²) in [5.41, 5.74) is 4.76. The summed E-state index contributed by atoms with van der Waals surface area (Å²) in [7, 11) is 3.45. The lowest BCUT2D eigenvalue weighted by Gasteiger charge is -2.37. The molecule has 1 saturated heterocycles. The fraction of sp³-hybridized carbons (Fsp3) is 0.455. The van der Waals surface area contributed by atoms with Crippen molar-refractivity contribution in [3.8, 4) is 11.5 Å². The molecule has 0 amide bonds. The molecule has 3 aromatic rings. The van der Waals surface area contributed by atoms with Crippen LogP contribution in [0.3, 0.4) is 0 Å². The van der Waals surface area contributed by atoms with Crippen LogP contribution in [0.15, 0.2) is 72.8 Å². The maximum Gasteiger partial charge on any atom is 0.142 e. The van der Waals surface area contributed by atoms with E-state index >= 15 is 0 Å². The highest BCUT2D eigenvalue weighted by molar-refractivity contribution is 5.61. The maximum absolute atomic E-state index is 6.63. The molecule has 2 aliphatic rings. The minimum atomic E-state index is 0.0452. The van der Waals surface area contributed by atoms with Gasteiger partial charge in [-0.3, -0.25) is 0 Å². The molecule has 3 atom stereocenters. The van der Waals surface area contributed by atoms with E-state index in [9.17, 15) is 0 Å². The molecular formula is C33H42N2O5. The molecular weight excluding hydrogens is 504 g/mol. The molecule has 2 aliphatic heterocycles. The zero-order chi connectivity index (χ0) is 27.6. The summed E-state index contributed by atoms with van der Waals surface area (Å²) >= 11 is 0. The molecule has 0 unspecified atom stereocenters. The van der Waals surface area contributed by atoms with Crippen LogP contribution in [0.5, 0.6) is 11.5 Å². The van der Waals surface area contributed by atoms with E-state index in [0.717, 1.165) is 61.8 Å². The number of ether oxygens (including phenoxy) is 5. The first kappa shape index (κ1) is 28.4. The van der Waals surface area contributed by atoms with Gasteiger partial charge in [0.15, 0.2) is 0 Å².